The number of β-amino-alcohol motifs (C(OH)–C–C–N with tert-alkyl or cyclic N) is 1. The van der Waals surface area contributed by atoms with E-state index in [-0.39, 0.29) is 12.3 Å². The van der Waals surface area contributed by atoms with Crippen molar-refractivity contribution in [3.63, 3.8) is 0 Å². The number of nitrogens with zero attached hydrogens (tertiary/aromatic N) is 3. The number of nitrogens with one attached hydrogen (secondary N) is 1. The monoisotopic (exact) mass is 276 g/mol. The number of aliphatic hydroxyl groups is 1. The lowest BCUT2D eigenvalue weighted by molar-refractivity contribution is -0.138. The van der Waals surface area contributed by atoms with Gasteiger partial charge in [0, 0.05) is 25.2 Å². The number of carbonyl (C=O) groups is 1. The lowest BCUT2D eigenvalue weighted by atomic mass is 10.0. The molecule has 7 nitrogen and oxygen atoms in total. The van der Waals surface area contributed by atoms with Crippen LogP contribution in [-0.2, 0) is 4.79 Å². The summed E-state index contributed by atoms with van der Waals surface area (Å²) in [5, 5.41) is 18.9. The zero-order valence-corrected chi connectivity index (χ0v) is 11.1. The Bertz CT molecular complexity index is 654. The van der Waals surface area contributed by atoms with Gasteiger partial charge in [-0.3, -0.25) is 4.79 Å². The van der Waals surface area contributed by atoms with Gasteiger partial charge in [0.05, 0.1) is 18.0 Å². The molecule has 3 heterocycles. The van der Waals surface area contributed by atoms with Crippen LogP contribution < -0.4 is 4.90 Å². The van der Waals surface area contributed by atoms with Gasteiger partial charge in [0.15, 0.2) is 5.82 Å². The molecule has 2 aromatic heterocycles. The molecule has 1 saturated heterocycles. The maximum atomic E-state index is 10.8. The number of aliphatic carboxylic acids is 1. The predicted octanol–water partition coefficient (Wildman–Crippen LogP) is 0.538. The highest BCUT2D eigenvalue weighted by molar-refractivity contribution is 5.86. The Morgan fingerprint density at radius 3 is 3.05 bits per heavy atom. The van der Waals surface area contributed by atoms with Gasteiger partial charge in [0.25, 0.3) is 0 Å². The van der Waals surface area contributed by atoms with Crippen LogP contribution in [0.3, 0.4) is 0 Å². The molecule has 0 unspecified atom stereocenters. The lowest BCUT2D eigenvalue weighted by Crippen LogP contribution is -2.23. The molecule has 0 spiro atoms. The number of aliphatic hydroxyl groups excluding tert-OH is 1. The molecule has 0 bridgehead atoms. The summed E-state index contributed by atoms with van der Waals surface area (Å²) in [4.78, 5) is 24.6. The van der Waals surface area contributed by atoms with Crippen LogP contribution in [0, 0.1) is 12.8 Å². The Labute approximate surface area is 115 Å². The van der Waals surface area contributed by atoms with Crippen molar-refractivity contribution in [1.82, 2.24) is 15.0 Å². The first-order valence-electron chi connectivity index (χ1n) is 6.51. The average Bonchev–Trinajstić information content (AvgIpc) is 2.95. The molecule has 1 aliphatic rings. The minimum absolute atomic E-state index is 0.0321. The molecule has 7 heteroatoms. The number of aromatic nitrogens is 3. The van der Waals surface area contributed by atoms with Crippen molar-refractivity contribution in [3.05, 3.63) is 18.1 Å². The van der Waals surface area contributed by atoms with Gasteiger partial charge in [-0.1, -0.05) is 0 Å². The quantitative estimate of drug-likeness (QED) is 0.756. The molecule has 3 N–H and O–H groups in total. The number of carboxylic acid groups (broad SMARTS) is 1. The number of fused-ring (bicyclic) bond motifs is 1. The van der Waals surface area contributed by atoms with E-state index < -0.39 is 12.1 Å². The molecular weight excluding hydrogens is 260 g/mol. The van der Waals surface area contributed by atoms with Crippen LogP contribution >= 0.6 is 0 Å². The first-order valence-corrected chi connectivity index (χ1v) is 6.51. The first-order chi connectivity index (χ1) is 9.54. The highest BCUT2D eigenvalue weighted by Gasteiger charge is 2.34. The molecule has 20 heavy (non-hydrogen) atoms. The zero-order valence-electron chi connectivity index (χ0n) is 11.1. The molecule has 0 amide bonds. The van der Waals surface area contributed by atoms with Gasteiger partial charge in [-0.05, 0) is 13.0 Å². The summed E-state index contributed by atoms with van der Waals surface area (Å²) in [5.74, 6) is 0.222. The molecule has 3 rings (SSSR count). The highest BCUT2D eigenvalue weighted by Crippen LogP contribution is 2.29. The molecule has 1 fully saturated rings. The van der Waals surface area contributed by atoms with E-state index in [2.05, 4.69) is 15.0 Å². The second-order valence-corrected chi connectivity index (χ2v) is 5.16. The minimum Gasteiger partial charge on any atom is -0.481 e. The third kappa shape index (κ3) is 2.20. The summed E-state index contributed by atoms with van der Waals surface area (Å²) in [6.45, 7) is 2.69. The van der Waals surface area contributed by atoms with Crippen molar-refractivity contribution in [3.8, 4) is 0 Å². The van der Waals surface area contributed by atoms with Crippen molar-refractivity contribution in [2.45, 2.75) is 19.4 Å². The van der Waals surface area contributed by atoms with Gasteiger partial charge >= 0.3 is 5.97 Å². The SMILES string of the molecule is Cc1nc(N2C[C@@H](CC(=O)O)[C@H](O)C2)c2[nH]ccc2n1. The van der Waals surface area contributed by atoms with Gasteiger partial charge < -0.3 is 20.1 Å². The van der Waals surface area contributed by atoms with E-state index in [9.17, 15) is 9.90 Å². The maximum Gasteiger partial charge on any atom is 0.303 e. The molecule has 1 aliphatic heterocycles. The Kier molecular flexibility index (Phi) is 3.06. The largest absolute Gasteiger partial charge is 0.481 e. The summed E-state index contributed by atoms with van der Waals surface area (Å²) in [5.41, 5.74) is 1.64. The van der Waals surface area contributed by atoms with Gasteiger partial charge in [-0.15, -0.1) is 0 Å². The third-order valence-electron chi connectivity index (χ3n) is 3.64. The molecule has 0 radical (unpaired) electrons. The molecule has 0 aromatic carbocycles. The molecular formula is C13H16N4O3. The Morgan fingerprint density at radius 1 is 1.50 bits per heavy atom. The van der Waals surface area contributed by atoms with Crippen LogP contribution in [0.4, 0.5) is 5.82 Å². The van der Waals surface area contributed by atoms with E-state index >= 15 is 0 Å². The maximum absolute atomic E-state index is 10.8. The standard InChI is InChI=1S/C13H16N4O3/c1-7-15-9-2-3-14-12(9)13(16-7)17-5-8(4-11(19)20)10(18)6-17/h2-3,8,10,14,18H,4-6H2,1H3,(H,19,20)/t8-,10-/m1/s1. The second kappa shape index (κ2) is 4.75. The van der Waals surface area contributed by atoms with Gasteiger partial charge in [-0.2, -0.15) is 0 Å². The number of H-pyrrole nitrogens is 1. The summed E-state index contributed by atoms with van der Waals surface area (Å²) >= 11 is 0. The van der Waals surface area contributed by atoms with Crippen molar-refractivity contribution in [2.75, 3.05) is 18.0 Å². The van der Waals surface area contributed by atoms with E-state index in [4.69, 9.17) is 5.11 Å². The topological polar surface area (TPSA) is 102 Å². The van der Waals surface area contributed by atoms with Crippen LogP contribution in [-0.4, -0.2) is 50.3 Å². The molecule has 2 aromatic rings. The van der Waals surface area contributed by atoms with E-state index in [0.717, 1.165) is 16.9 Å². The summed E-state index contributed by atoms with van der Waals surface area (Å²) in [7, 11) is 0. The predicted molar refractivity (Wildman–Crippen MR) is 72.6 cm³/mol. The number of hydrogen-bond donors (Lipinski definition) is 3. The smallest absolute Gasteiger partial charge is 0.303 e. The second-order valence-electron chi connectivity index (χ2n) is 5.16. The Morgan fingerprint density at radius 2 is 2.30 bits per heavy atom. The summed E-state index contributed by atoms with van der Waals surface area (Å²) < 4.78 is 0. The number of aryl methyl sites for hydroxylation is 1. The van der Waals surface area contributed by atoms with Gasteiger partial charge in [-0.25, -0.2) is 9.97 Å². The highest BCUT2D eigenvalue weighted by atomic mass is 16.4. The van der Waals surface area contributed by atoms with Gasteiger partial charge in [0.2, 0.25) is 0 Å². The molecule has 0 saturated carbocycles. The minimum atomic E-state index is -0.889. The lowest BCUT2D eigenvalue weighted by Gasteiger charge is -2.18. The average molecular weight is 276 g/mol. The fourth-order valence-corrected chi connectivity index (χ4v) is 2.72. The Hall–Kier alpha value is -2.15. The van der Waals surface area contributed by atoms with Crippen molar-refractivity contribution >= 4 is 22.8 Å². The summed E-state index contributed by atoms with van der Waals surface area (Å²) in [6.07, 6.45) is 1.12. The third-order valence-corrected chi connectivity index (χ3v) is 3.64. The van der Waals surface area contributed by atoms with E-state index in [1.54, 1.807) is 6.20 Å². The normalized spacial score (nSPS) is 22.6. The van der Waals surface area contributed by atoms with E-state index in [1.807, 2.05) is 17.9 Å². The number of hydrogen-bond acceptors (Lipinski definition) is 5. The number of aromatic amines is 1. The van der Waals surface area contributed by atoms with Crippen LogP contribution in [0.2, 0.25) is 0 Å². The van der Waals surface area contributed by atoms with Gasteiger partial charge in [0.1, 0.15) is 11.3 Å². The zero-order chi connectivity index (χ0) is 14.3. The molecule has 2 atom stereocenters. The summed E-state index contributed by atoms with van der Waals surface area (Å²) in [6, 6.07) is 1.87. The number of anilines is 1. The Balaban J connectivity index is 1.92. The fraction of sp³-hybridized carbons (Fsp3) is 0.462. The van der Waals surface area contributed by atoms with Crippen molar-refractivity contribution in [1.29, 1.82) is 0 Å². The van der Waals surface area contributed by atoms with Crippen LogP contribution in [0.25, 0.3) is 11.0 Å². The van der Waals surface area contributed by atoms with Crippen LogP contribution in [0.5, 0.6) is 0 Å². The molecule has 106 valence electrons. The first kappa shape index (κ1) is 12.9. The van der Waals surface area contributed by atoms with E-state index in [1.165, 1.54) is 0 Å². The number of carboxylic acids is 1. The van der Waals surface area contributed by atoms with E-state index in [0.29, 0.717) is 18.9 Å². The number of rotatable bonds is 3. The fourth-order valence-electron chi connectivity index (χ4n) is 2.72. The molecule has 0 aliphatic carbocycles. The van der Waals surface area contributed by atoms with Crippen molar-refractivity contribution < 1.29 is 15.0 Å². The van der Waals surface area contributed by atoms with Crippen LogP contribution in [0.1, 0.15) is 12.2 Å². The van der Waals surface area contributed by atoms with Crippen LogP contribution in [0.15, 0.2) is 12.3 Å². The van der Waals surface area contributed by atoms with Crippen molar-refractivity contribution in [2.24, 2.45) is 5.92 Å².